The molecule has 1 aliphatic rings. The van der Waals surface area contributed by atoms with Crippen molar-refractivity contribution < 1.29 is 0 Å². The van der Waals surface area contributed by atoms with Crippen molar-refractivity contribution in [1.29, 1.82) is 0 Å². The number of thioether (sulfide) groups is 1. The largest absolute Gasteiger partial charge is 0.261 e. The lowest BCUT2D eigenvalue weighted by Crippen LogP contribution is -2.25. The van der Waals surface area contributed by atoms with Gasteiger partial charge in [0.1, 0.15) is 0 Å². The normalized spacial score (nSPS) is 16.6. The van der Waals surface area contributed by atoms with Crippen LogP contribution in [0.3, 0.4) is 0 Å². The highest BCUT2D eigenvalue weighted by atomic mass is 79.9. The predicted octanol–water partition coefficient (Wildman–Crippen LogP) is 4.15. The van der Waals surface area contributed by atoms with Gasteiger partial charge in [-0.05, 0) is 29.1 Å². The van der Waals surface area contributed by atoms with E-state index in [2.05, 4.69) is 61.1 Å². The number of hydrogen-bond donors (Lipinski definition) is 1. The Kier molecular flexibility index (Phi) is 5.11. The summed E-state index contributed by atoms with van der Waals surface area (Å²) >= 11 is 6.97. The molecular weight excluding hydrogens is 366 g/mol. The number of thiophene rings is 1. The number of halogens is 1. The minimum atomic E-state index is 0.803. The van der Waals surface area contributed by atoms with E-state index in [0.717, 1.165) is 39.6 Å². The molecule has 21 heavy (non-hydrogen) atoms. The standard InChI is InChI=1S/C15H14BrN3S2/c16-12-4-1-3-11(9-12)14-10-21-15(19-18-14)17-7-6-13-5-2-8-20-13/h1-5,8-9H,6-7,10H2,(H,17,19). The van der Waals surface area contributed by atoms with E-state index < -0.39 is 0 Å². The number of aliphatic imine (C=N–C) groups is 1. The van der Waals surface area contributed by atoms with E-state index >= 15 is 0 Å². The molecule has 0 radical (unpaired) electrons. The molecule has 0 saturated heterocycles. The van der Waals surface area contributed by atoms with Crippen molar-refractivity contribution >= 4 is 49.9 Å². The average molecular weight is 380 g/mol. The summed E-state index contributed by atoms with van der Waals surface area (Å²) in [6.45, 7) is 0.803. The summed E-state index contributed by atoms with van der Waals surface area (Å²) < 4.78 is 1.07. The van der Waals surface area contributed by atoms with Crippen LogP contribution in [0.15, 0.2) is 56.3 Å². The number of rotatable bonds is 4. The van der Waals surface area contributed by atoms with Gasteiger partial charge in [-0.15, -0.1) is 11.3 Å². The van der Waals surface area contributed by atoms with Crippen LogP contribution in [-0.2, 0) is 6.42 Å². The molecule has 0 unspecified atom stereocenters. The molecule has 108 valence electrons. The smallest absolute Gasteiger partial charge is 0.177 e. The van der Waals surface area contributed by atoms with E-state index in [4.69, 9.17) is 0 Å². The van der Waals surface area contributed by atoms with Gasteiger partial charge in [-0.25, -0.2) is 0 Å². The van der Waals surface area contributed by atoms with Crippen LogP contribution in [0.4, 0.5) is 0 Å². The molecule has 1 aliphatic heterocycles. The maximum Gasteiger partial charge on any atom is 0.177 e. The second kappa shape index (κ2) is 7.24. The Morgan fingerprint density at radius 1 is 1.29 bits per heavy atom. The summed E-state index contributed by atoms with van der Waals surface area (Å²) in [7, 11) is 0. The number of benzene rings is 1. The number of hydrogen-bond acceptors (Lipinski definition) is 4. The van der Waals surface area contributed by atoms with Crippen molar-refractivity contribution in [3.63, 3.8) is 0 Å². The second-order valence-corrected chi connectivity index (χ2v) is 7.40. The van der Waals surface area contributed by atoms with Crippen molar-refractivity contribution in [3.8, 4) is 0 Å². The van der Waals surface area contributed by atoms with Crippen LogP contribution in [-0.4, -0.2) is 23.2 Å². The molecule has 6 heteroatoms. The minimum absolute atomic E-state index is 0.803. The van der Waals surface area contributed by atoms with E-state index in [1.807, 2.05) is 12.1 Å². The van der Waals surface area contributed by atoms with Gasteiger partial charge in [0, 0.05) is 28.1 Å². The Morgan fingerprint density at radius 2 is 2.24 bits per heavy atom. The molecule has 0 atom stereocenters. The molecule has 3 rings (SSSR count). The molecule has 1 aromatic carbocycles. The zero-order valence-electron chi connectivity index (χ0n) is 11.3. The fraction of sp³-hybridized carbons (Fsp3) is 0.200. The number of amidine groups is 1. The van der Waals surface area contributed by atoms with E-state index in [0.29, 0.717) is 0 Å². The lowest BCUT2D eigenvalue weighted by atomic mass is 10.1. The minimum Gasteiger partial charge on any atom is -0.261 e. The monoisotopic (exact) mass is 379 g/mol. The number of nitrogens with zero attached hydrogens (tertiary/aromatic N) is 2. The third-order valence-corrected chi connectivity index (χ3v) is 5.32. The van der Waals surface area contributed by atoms with Gasteiger partial charge in [0.05, 0.1) is 5.71 Å². The fourth-order valence-corrected chi connectivity index (χ4v) is 3.83. The Balaban J connectivity index is 1.58. The van der Waals surface area contributed by atoms with Gasteiger partial charge in [0.25, 0.3) is 0 Å². The van der Waals surface area contributed by atoms with Crippen molar-refractivity contribution in [2.45, 2.75) is 6.42 Å². The molecule has 0 saturated carbocycles. The highest BCUT2D eigenvalue weighted by molar-refractivity contribution is 9.10. The highest BCUT2D eigenvalue weighted by Crippen LogP contribution is 2.17. The van der Waals surface area contributed by atoms with E-state index in [-0.39, 0.29) is 0 Å². The van der Waals surface area contributed by atoms with Crippen molar-refractivity contribution in [3.05, 3.63) is 56.7 Å². The molecule has 1 N–H and O–H groups in total. The first-order valence-electron chi connectivity index (χ1n) is 6.59. The van der Waals surface area contributed by atoms with E-state index in [1.165, 1.54) is 4.88 Å². The third-order valence-electron chi connectivity index (χ3n) is 2.98. The van der Waals surface area contributed by atoms with E-state index in [1.54, 1.807) is 23.1 Å². The summed E-state index contributed by atoms with van der Waals surface area (Å²) in [6, 6.07) is 12.4. The van der Waals surface area contributed by atoms with Gasteiger partial charge < -0.3 is 0 Å². The first-order chi connectivity index (χ1) is 10.3. The van der Waals surface area contributed by atoms with Gasteiger partial charge in [-0.2, -0.15) is 5.10 Å². The summed E-state index contributed by atoms with van der Waals surface area (Å²) in [6.07, 6.45) is 0.992. The quantitative estimate of drug-likeness (QED) is 0.865. The fourth-order valence-electron chi connectivity index (χ4n) is 1.94. The summed E-state index contributed by atoms with van der Waals surface area (Å²) in [5, 5.41) is 7.44. The zero-order valence-corrected chi connectivity index (χ0v) is 14.5. The molecule has 0 spiro atoms. The molecule has 0 aliphatic carbocycles. The Bertz CT molecular complexity index is 665. The lowest BCUT2D eigenvalue weighted by Gasteiger charge is -2.15. The Labute approximate surface area is 140 Å². The first-order valence-corrected chi connectivity index (χ1v) is 9.25. The summed E-state index contributed by atoms with van der Waals surface area (Å²) in [5.74, 6) is 0.849. The van der Waals surface area contributed by atoms with Crippen LogP contribution < -0.4 is 5.43 Å². The second-order valence-electron chi connectivity index (χ2n) is 4.49. The Morgan fingerprint density at radius 3 is 2.95 bits per heavy atom. The van der Waals surface area contributed by atoms with Gasteiger partial charge in [0.15, 0.2) is 5.17 Å². The first kappa shape index (κ1) is 14.8. The highest BCUT2D eigenvalue weighted by Gasteiger charge is 2.12. The Hall–Kier alpha value is -1.11. The molecule has 2 heterocycles. The molecule has 0 fully saturated rings. The SMILES string of the molecule is Brc1cccc(C2=NNC(=NCCc3cccs3)SC2)c1. The predicted molar refractivity (Wildman–Crippen MR) is 96.6 cm³/mol. The lowest BCUT2D eigenvalue weighted by molar-refractivity contribution is 0.954. The average Bonchev–Trinajstić information content (AvgIpc) is 3.01. The van der Waals surface area contributed by atoms with E-state index in [9.17, 15) is 0 Å². The van der Waals surface area contributed by atoms with Crippen LogP contribution in [0.25, 0.3) is 0 Å². The molecular formula is C15H14BrN3S2. The van der Waals surface area contributed by atoms with Gasteiger partial charge in [-0.3, -0.25) is 10.4 Å². The van der Waals surface area contributed by atoms with Crippen molar-refractivity contribution in [1.82, 2.24) is 5.43 Å². The van der Waals surface area contributed by atoms with Crippen LogP contribution >= 0.6 is 39.0 Å². The van der Waals surface area contributed by atoms with Crippen LogP contribution in [0.5, 0.6) is 0 Å². The molecule has 0 bridgehead atoms. The molecule has 1 aromatic heterocycles. The third kappa shape index (κ3) is 4.18. The van der Waals surface area contributed by atoms with Crippen molar-refractivity contribution in [2.75, 3.05) is 12.3 Å². The topological polar surface area (TPSA) is 36.8 Å². The molecule has 2 aromatic rings. The van der Waals surface area contributed by atoms with Gasteiger partial charge in [-0.1, -0.05) is 45.9 Å². The molecule has 3 nitrogen and oxygen atoms in total. The van der Waals surface area contributed by atoms with Gasteiger partial charge in [0.2, 0.25) is 0 Å². The van der Waals surface area contributed by atoms with Gasteiger partial charge >= 0.3 is 0 Å². The zero-order chi connectivity index (χ0) is 14.5. The number of hydrazone groups is 1. The van der Waals surface area contributed by atoms with Crippen molar-refractivity contribution in [2.24, 2.45) is 10.1 Å². The van der Waals surface area contributed by atoms with Crippen LogP contribution in [0, 0.1) is 0 Å². The molecule has 0 amide bonds. The number of nitrogens with one attached hydrogen (secondary N) is 1. The van der Waals surface area contributed by atoms with Crippen LogP contribution in [0.2, 0.25) is 0 Å². The maximum atomic E-state index is 4.56. The summed E-state index contributed by atoms with van der Waals surface area (Å²) in [5.41, 5.74) is 5.25. The van der Waals surface area contributed by atoms with Crippen LogP contribution in [0.1, 0.15) is 10.4 Å². The summed E-state index contributed by atoms with van der Waals surface area (Å²) in [4.78, 5) is 5.94. The maximum absolute atomic E-state index is 4.56.